The molecule has 1 N–H and O–H groups in total. The van der Waals surface area contributed by atoms with Crippen LogP contribution < -0.4 is 0 Å². The minimum atomic E-state index is -0.831. The second kappa shape index (κ2) is 7.57. The Labute approximate surface area is 136 Å². The zero-order valence-electron chi connectivity index (χ0n) is 13.7. The van der Waals surface area contributed by atoms with Gasteiger partial charge in [-0.05, 0) is 49.8 Å². The first-order valence-electron chi connectivity index (χ1n) is 8.15. The van der Waals surface area contributed by atoms with Crippen LogP contribution in [0.15, 0.2) is 24.3 Å². The highest BCUT2D eigenvalue weighted by Crippen LogP contribution is 2.25. The highest BCUT2D eigenvalue weighted by Gasteiger charge is 2.35. The number of carboxylic acids is 1. The van der Waals surface area contributed by atoms with Crippen molar-refractivity contribution in [2.45, 2.75) is 45.6 Å². The van der Waals surface area contributed by atoms with Crippen molar-refractivity contribution in [2.75, 3.05) is 6.54 Å². The van der Waals surface area contributed by atoms with Gasteiger partial charge in [0.05, 0.1) is 5.92 Å². The Bertz CT molecular complexity index is 575. The third-order valence-corrected chi connectivity index (χ3v) is 4.62. The lowest BCUT2D eigenvalue weighted by Gasteiger charge is -2.38. The first-order valence-corrected chi connectivity index (χ1v) is 8.15. The zero-order chi connectivity index (χ0) is 17.0. The fourth-order valence-electron chi connectivity index (χ4n) is 3.38. The molecule has 0 radical (unpaired) electrons. The van der Waals surface area contributed by atoms with Crippen molar-refractivity contribution < 1.29 is 19.1 Å². The van der Waals surface area contributed by atoms with E-state index in [4.69, 9.17) is 0 Å². The first-order chi connectivity index (χ1) is 10.9. The number of halogens is 1. The summed E-state index contributed by atoms with van der Waals surface area (Å²) in [5, 5.41) is 9.24. The molecule has 0 bridgehead atoms. The number of hydrogen-bond acceptors (Lipinski definition) is 2. The summed E-state index contributed by atoms with van der Waals surface area (Å²) < 4.78 is 13.2. The second-order valence-electron chi connectivity index (χ2n) is 6.56. The predicted molar refractivity (Wildman–Crippen MR) is 85.4 cm³/mol. The molecule has 0 aliphatic carbocycles. The van der Waals surface area contributed by atoms with E-state index in [1.54, 1.807) is 11.0 Å². The molecule has 1 aliphatic rings. The van der Waals surface area contributed by atoms with Gasteiger partial charge >= 0.3 is 5.97 Å². The summed E-state index contributed by atoms with van der Waals surface area (Å²) in [7, 11) is 0. The number of carbonyl (C=O) groups is 2. The largest absolute Gasteiger partial charge is 0.481 e. The van der Waals surface area contributed by atoms with Gasteiger partial charge in [0.2, 0.25) is 5.91 Å². The Hall–Kier alpha value is -1.91. The fraction of sp³-hybridized carbons (Fsp3) is 0.556. The highest BCUT2D eigenvalue weighted by atomic mass is 19.1. The van der Waals surface area contributed by atoms with Crippen molar-refractivity contribution in [1.29, 1.82) is 0 Å². The number of carbonyl (C=O) groups excluding carboxylic acids is 1. The Morgan fingerprint density at radius 1 is 1.43 bits per heavy atom. The molecular formula is C18H24FNO3. The average molecular weight is 321 g/mol. The molecule has 3 atom stereocenters. The van der Waals surface area contributed by atoms with E-state index < -0.39 is 11.9 Å². The maximum Gasteiger partial charge on any atom is 0.308 e. The molecule has 2 rings (SSSR count). The van der Waals surface area contributed by atoms with E-state index in [0.717, 1.165) is 12.0 Å². The molecule has 1 fully saturated rings. The lowest BCUT2D eigenvalue weighted by atomic mass is 9.89. The molecule has 0 spiro atoms. The van der Waals surface area contributed by atoms with E-state index in [1.807, 2.05) is 19.9 Å². The summed E-state index contributed by atoms with van der Waals surface area (Å²) in [6.45, 7) is 4.40. The van der Waals surface area contributed by atoms with Crippen molar-refractivity contribution >= 4 is 11.9 Å². The van der Waals surface area contributed by atoms with Crippen molar-refractivity contribution in [1.82, 2.24) is 4.90 Å². The number of aliphatic carboxylic acids is 1. The minimum absolute atomic E-state index is 0.00708. The molecule has 5 heteroatoms. The molecule has 1 unspecified atom stereocenters. The summed E-state index contributed by atoms with van der Waals surface area (Å²) in [4.78, 5) is 25.5. The SMILES string of the molecule is CC(CC(=O)N1CCC[C@H](C(=O)O)[C@@H]1C)Cc1cccc(F)c1. The monoisotopic (exact) mass is 321 g/mol. The van der Waals surface area contributed by atoms with Crippen LogP contribution in [0.3, 0.4) is 0 Å². The van der Waals surface area contributed by atoms with Crippen LogP contribution in [0, 0.1) is 17.7 Å². The maximum absolute atomic E-state index is 13.2. The molecule has 0 saturated carbocycles. The van der Waals surface area contributed by atoms with Gasteiger partial charge in [-0.1, -0.05) is 19.1 Å². The van der Waals surface area contributed by atoms with Crippen LogP contribution in [0.4, 0.5) is 4.39 Å². The summed E-state index contributed by atoms with van der Waals surface area (Å²) in [5.41, 5.74) is 0.875. The smallest absolute Gasteiger partial charge is 0.308 e. The quantitative estimate of drug-likeness (QED) is 0.906. The van der Waals surface area contributed by atoms with Crippen molar-refractivity contribution in [3.05, 3.63) is 35.6 Å². The number of hydrogen-bond donors (Lipinski definition) is 1. The second-order valence-corrected chi connectivity index (χ2v) is 6.56. The average Bonchev–Trinajstić information content (AvgIpc) is 2.46. The van der Waals surface area contributed by atoms with Gasteiger partial charge in [-0.3, -0.25) is 9.59 Å². The van der Waals surface area contributed by atoms with E-state index >= 15 is 0 Å². The van der Waals surface area contributed by atoms with Crippen molar-refractivity contribution in [3.63, 3.8) is 0 Å². The Kier molecular flexibility index (Phi) is 5.74. The summed E-state index contributed by atoms with van der Waals surface area (Å²) >= 11 is 0. The number of benzene rings is 1. The Morgan fingerprint density at radius 2 is 2.17 bits per heavy atom. The van der Waals surface area contributed by atoms with E-state index in [0.29, 0.717) is 25.8 Å². The van der Waals surface area contributed by atoms with Crippen LogP contribution in [-0.2, 0) is 16.0 Å². The van der Waals surface area contributed by atoms with Gasteiger partial charge in [-0.2, -0.15) is 0 Å². The highest BCUT2D eigenvalue weighted by molar-refractivity contribution is 5.79. The molecule has 23 heavy (non-hydrogen) atoms. The van der Waals surface area contributed by atoms with Crippen LogP contribution >= 0.6 is 0 Å². The van der Waals surface area contributed by atoms with Gasteiger partial charge in [0.1, 0.15) is 5.82 Å². The van der Waals surface area contributed by atoms with Crippen molar-refractivity contribution in [2.24, 2.45) is 11.8 Å². The van der Waals surface area contributed by atoms with E-state index in [-0.39, 0.29) is 23.7 Å². The van der Waals surface area contributed by atoms with Crippen LogP contribution in [0.5, 0.6) is 0 Å². The standard InChI is InChI=1S/C18H24FNO3/c1-12(9-14-5-3-6-15(19)11-14)10-17(21)20-8-4-7-16(13(20)2)18(22)23/h3,5-6,11-13,16H,4,7-10H2,1-2H3,(H,22,23)/t12?,13-,16-/m0/s1. The number of amides is 1. The van der Waals surface area contributed by atoms with Gasteiger partial charge in [-0.25, -0.2) is 4.39 Å². The van der Waals surface area contributed by atoms with E-state index in [9.17, 15) is 19.1 Å². The lowest BCUT2D eigenvalue weighted by molar-refractivity contribution is -0.149. The van der Waals surface area contributed by atoms with Gasteiger partial charge in [0.15, 0.2) is 0 Å². The van der Waals surface area contributed by atoms with Gasteiger partial charge < -0.3 is 10.0 Å². The minimum Gasteiger partial charge on any atom is -0.481 e. The molecule has 126 valence electrons. The van der Waals surface area contributed by atoms with Gasteiger partial charge in [0.25, 0.3) is 0 Å². The Balaban J connectivity index is 1.93. The maximum atomic E-state index is 13.2. The molecular weight excluding hydrogens is 297 g/mol. The van der Waals surface area contributed by atoms with Crippen LogP contribution in [-0.4, -0.2) is 34.5 Å². The molecule has 1 aliphatic heterocycles. The fourth-order valence-corrected chi connectivity index (χ4v) is 3.38. The number of piperidine rings is 1. The van der Waals surface area contributed by atoms with E-state index in [2.05, 4.69) is 0 Å². The third kappa shape index (κ3) is 4.53. The Morgan fingerprint density at radius 3 is 2.83 bits per heavy atom. The van der Waals surface area contributed by atoms with Crippen LogP contribution in [0.1, 0.15) is 38.7 Å². The summed E-state index contributed by atoms with van der Waals surface area (Å²) in [6.07, 6.45) is 2.34. The molecule has 1 amide bonds. The molecule has 1 aromatic carbocycles. The zero-order valence-corrected chi connectivity index (χ0v) is 13.7. The molecule has 1 saturated heterocycles. The molecule has 0 aromatic heterocycles. The molecule has 1 heterocycles. The molecule has 4 nitrogen and oxygen atoms in total. The van der Waals surface area contributed by atoms with Gasteiger partial charge in [0, 0.05) is 19.0 Å². The summed E-state index contributed by atoms with van der Waals surface area (Å²) in [5.74, 6) is -1.50. The van der Waals surface area contributed by atoms with Crippen LogP contribution in [0.2, 0.25) is 0 Å². The number of likely N-dealkylation sites (tertiary alicyclic amines) is 1. The number of rotatable bonds is 5. The normalized spacial score (nSPS) is 22.7. The molecule has 1 aromatic rings. The summed E-state index contributed by atoms with van der Waals surface area (Å²) in [6, 6.07) is 6.15. The number of nitrogens with zero attached hydrogens (tertiary/aromatic N) is 1. The van der Waals surface area contributed by atoms with Crippen LogP contribution in [0.25, 0.3) is 0 Å². The topological polar surface area (TPSA) is 57.6 Å². The van der Waals surface area contributed by atoms with Crippen molar-refractivity contribution in [3.8, 4) is 0 Å². The lowest BCUT2D eigenvalue weighted by Crippen LogP contribution is -2.49. The first kappa shape index (κ1) is 17.4. The van der Waals surface area contributed by atoms with E-state index in [1.165, 1.54) is 12.1 Å². The third-order valence-electron chi connectivity index (χ3n) is 4.62. The van der Waals surface area contributed by atoms with Gasteiger partial charge in [-0.15, -0.1) is 0 Å². The predicted octanol–water partition coefficient (Wildman–Crippen LogP) is 3.11. The number of carboxylic acid groups (broad SMARTS) is 1.